The number of non-ortho nitro benzene ring substituents is 1. The van der Waals surface area contributed by atoms with E-state index in [0.29, 0.717) is 11.5 Å². The lowest BCUT2D eigenvalue weighted by atomic mass is 10.2. The van der Waals surface area contributed by atoms with Crippen LogP contribution in [0.3, 0.4) is 0 Å². The number of benzene rings is 2. The number of hydrazone groups is 1. The summed E-state index contributed by atoms with van der Waals surface area (Å²) in [6, 6.07) is 9.11. The van der Waals surface area contributed by atoms with E-state index in [0.717, 1.165) is 18.3 Å². The van der Waals surface area contributed by atoms with Gasteiger partial charge < -0.3 is 19.3 Å². The number of phenolic OH excluding ortho intramolecular Hbond substituents is 1. The van der Waals surface area contributed by atoms with Crippen LogP contribution < -0.4 is 19.6 Å². The van der Waals surface area contributed by atoms with E-state index in [9.17, 15) is 20.0 Å². The van der Waals surface area contributed by atoms with Crippen LogP contribution in [0.4, 0.5) is 5.69 Å². The monoisotopic (exact) mass is 373 g/mol. The summed E-state index contributed by atoms with van der Waals surface area (Å²) in [6.45, 7) is 0.00818. The number of ether oxygens (including phenoxy) is 3. The number of hydrogen-bond acceptors (Lipinski definition) is 8. The number of amides is 1. The van der Waals surface area contributed by atoms with Crippen LogP contribution in [-0.4, -0.2) is 42.0 Å². The Balaban J connectivity index is 1.70. The molecule has 10 nitrogen and oxygen atoms in total. The first-order valence-corrected chi connectivity index (χ1v) is 7.76. The molecular weight excluding hydrogens is 358 g/mol. The topological polar surface area (TPSA) is 133 Å². The first kappa shape index (κ1) is 18.0. The van der Waals surface area contributed by atoms with Crippen molar-refractivity contribution in [1.29, 1.82) is 0 Å². The zero-order valence-corrected chi connectivity index (χ0v) is 14.1. The van der Waals surface area contributed by atoms with Crippen molar-refractivity contribution in [3.8, 4) is 23.0 Å². The minimum Gasteiger partial charge on any atom is -0.504 e. The molecule has 1 aliphatic heterocycles. The van der Waals surface area contributed by atoms with E-state index < -0.39 is 16.9 Å². The van der Waals surface area contributed by atoms with Crippen molar-refractivity contribution in [3.63, 3.8) is 0 Å². The molecule has 140 valence electrons. The summed E-state index contributed by atoms with van der Waals surface area (Å²) in [5.74, 6) is -0.0184. The van der Waals surface area contributed by atoms with Gasteiger partial charge >= 0.3 is 0 Å². The second-order valence-corrected chi connectivity index (χ2v) is 5.44. The lowest BCUT2D eigenvalue weighted by Crippen LogP contribution is -2.42. The molecule has 2 N–H and O–H groups in total. The van der Waals surface area contributed by atoms with Crippen molar-refractivity contribution in [2.24, 2.45) is 5.10 Å². The molecule has 1 amide bonds. The number of aromatic hydroxyl groups is 1. The maximum atomic E-state index is 12.2. The highest BCUT2D eigenvalue weighted by Gasteiger charge is 2.27. The second-order valence-electron chi connectivity index (χ2n) is 5.44. The summed E-state index contributed by atoms with van der Waals surface area (Å²) < 4.78 is 15.9. The number of carbonyl (C=O) groups is 1. The molecule has 1 aliphatic rings. The third-order valence-electron chi connectivity index (χ3n) is 3.70. The van der Waals surface area contributed by atoms with Crippen molar-refractivity contribution in [1.82, 2.24) is 5.43 Å². The Labute approximate surface area is 153 Å². The van der Waals surface area contributed by atoms with Gasteiger partial charge in [0.15, 0.2) is 23.0 Å². The number of nitro groups is 1. The number of methoxy groups -OCH3 is 1. The number of fused-ring (bicyclic) bond motifs is 1. The van der Waals surface area contributed by atoms with Crippen LogP contribution in [0.2, 0.25) is 0 Å². The number of nitro benzene ring substituents is 1. The second kappa shape index (κ2) is 7.60. The fraction of sp³-hybridized carbons (Fsp3) is 0.176. The summed E-state index contributed by atoms with van der Waals surface area (Å²) in [5, 5.41) is 24.7. The van der Waals surface area contributed by atoms with Gasteiger partial charge in [0.25, 0.3) is 11.6 Å². The largest absolute Gasteiger partial charge is 0.504 e. The number of nitrogens with zero attached hydrogens (tertiary/aromatic N) is 2. The average Bonchev–Trinajstić information content (AvgIpc) is 2.68. The maximum absolute atomic E-state index is 12.2. The molecule has 0 aliphatic carbocycles. The third-order valence-corrected chi connectivity index (χ3v) is 3.70. The maximum Gasteiger partial charge on any atom is 0.284 e. The van der Waals surface area contributed by atoms with Crippen LogP contribution in [-0.2, 0) is 4.79 Å². The lowest BCUT2D eigenvalue weighted by molar-refractivity contribution is -0.385. The Morgan fingerprint density at radius 3 is 2.85 bits per heavy atom. The molecule has 1 heterocycles. The molecule has 27 heavy (non-hydrogen) atoms. The van der Waals surface area contributed by atoms with Crippen LogP contribution in [0.5, 0.6) is 23.0 Å². The zero-order chi connectivity index (χ0) is 19.4. The van der Waals surface area contributed by atoms with Crippen LogP contribution in [0.15, 0.2) is 41.5 Å². The molecule has 1 atom stereocenters. The number of rotatable bonds is 5. The standard InChI is InChI=1S/C17H15N3O7/c1-25-14-7-11(20(23)24)6-10(16(14)21)8-18-19-17(22)15-9-26-12-4-2-3-5-13(12)27-15/h2-8,15,21H,9H2,1H3,(H,19,22)/t15-/m0/s1. The normalized spacial score (nSPS) is 15.4. The minimum absolute atomic E-state index is 0.00695. The summed E-state index contributed by atoms with van der Waals surface area (Å²) in [4.78, 5) is 22.5. The molecule has 0 saturated heterocycles. The van der Waals surface area contributed by atoms with Gasteiger partial charge in [0.2, 0.25) is 6.10 Å². The molecule has 0 saturated carbocycles. The number of carbonyl (C=O) groups excluding carboxylic acids is 1. The van der Waals surface area contributed by atoms with Crippen molar-refractivity contribution >= 4 is 17.8 Å². The molecular formula is C17H15N3O7. The van der Waals surface area contributed by atoms with E-state index in [1.54, 1.807) is 24.3 Å². The lowest BCUT2D eigenvalue weighted by Gasteiger charge is -2.24. The summed E-state index contributed by atoms with van der Waals surface area (Å²) in [7, 11) is 1.26. The quantitative estimate of drug-likeness (QED) is 0.462. The third kappa shape index (κ3) is 3.89. The van der Waals surface area contributed by atoms with E-state index in [1.807, 2.05) is 0 Å². The van der Waals surface area contributed by atoms with E-state index in [-0.39, 0.29) is 29.4 Å². The van der Waals surface area contributed by atoms with Gasteiger partial charge in [-0.1, -0.05) is 12.1 Å². The fourth-order valence-electron chi connectivity index (χ4n) is 2.36. The van der Waals surface area contributed by atoms with E-state index in [4.69, 9.17) is 14.2 Å². The Hall–Kier alpha value is -3.82. The van der Waals surface area contributed by atoms with Gasteiger partial charge in [-0.2, -0.15) is 5.10 Å². The number of phenols is 1. The molecule has 0 aromatic heterocycles. The van der Waals surface area contributed by atoms with Gasteiger partial charge in [-0.15, -0.1) is 0 Å². The molecule has 0 radical (unpaired) electrons. The molecule has 3 rings (SSSR count). The van der Waals surface area contributed by atoms with Gasteiger partial charge in [-0.3, -0.25) is 14.9 Å². The van der Waals surface area contributed by atoms with Crippen molar-refractivity contribution in [2.75, 3.05) is 13.7 Å². The fourth-order valence-corrected chi connectivity index (χ4v) is 2.36. The van der Waals surface area contributed by atoms with E-state index in [2.05, 4.69) is 10.5 Å². The predicted octanol–water partition coefficient (Wildman–Crippen LogP) is 1.60. The number of nitrogens with one attached hydrogen (secondary N) is 1. The molecule has 0 bridgehead atoms. The van der Waals surface area contributed by atoms with Crippen LogP contribution in [0, 0.1) is 10.1 Å². The van der Waals surface area contributed by atoms with Crippen molar-refractivity contribution < 1.29 is 29.0 Å². The first-order chi connectivity index (χ1) is 13.0. The number of hydrogen-bond donors (Lipinski definition) is 2. The van der Waals surface area contributed by atoms with Gasteiger partial charge in [0, 0.05) is 11.6 Å². The summed E-state index contributed by atoms with van der Waals surface area (Å²) in [5.41, 5.74) is 1.96. The van der Waals surface area contributed by atoms with Gasteiger partial charge in [0.1, 0.15) is 6.61 Å². The molecule has 0 fully saturated rings. The van der Waals surface area contributed by atoms with Crippen LogP contribution in [0.25, 0.3) is 0 Å². The SMILES string of the molecule is COc1cc([N+](=O)[O-])cc(C=NNC(=O)[C@@H]2COc3ccccc3O2)c1O. The number of para-hydroxylation sites is 2. The summed E-state index contributed by atoms with van der Waals surface area (Å²) in [6.07, 6.45) is 0.158. The van der Waals surface area contributed by atoms with Gasteiger partial charge in [-0.25, -0.2) is 5.43 Å². The molecule has 10 heteroatoms. The summed E-state index contributed by atoms with van der Waals surface area (Å²) >= 11 is 0. The Morgan fingerprint density at radius 2 is 2.15 bits per heavy atom. The zero-order valence-electron chi connectivity index (χ0n) is 14.1. The Kier molecular flexibility index (Phi) is 5.06. The highest BCUT2D eigenvalue weighted by molar-refractivity contribution is 5.88. The molecule has 0 spiro atoms. The highest BCUT2D eigenvalue weighted by Crippen LogP contribution is 2.33. The highest BCUT2D eigenvalue weighted by atomic mass is 16.6. The molecule has 0 unspecified atom stereocenters. The minimum atomic E-state index is -0.912. The first-order valence-electron chi connectivity index (χ1n) is 7.76. The predicted molar refractivity (Wildman–Crippen MR) is 93.4 cm³/mol. The van der Waals surface area contributed by atoms with Crippen LogP contribution >= 0.6 is 0 Å². The van der Waals surface area contributed by atoms with Gasteiger partial charge in [0.05, 0.1) is 24.3 Å². The van der Waals surface area contributed by atoms with Crippen molar-refractivity contribution in [2.45, 2.75) is 6.10 Å². The Bertz CT molecular complexity index is 913. The van der Waals surface area contributed by atoms with Gasteiger partial charge in [-0.05, 0) is 12.1 Å². The average molecular weight is 373 g/mol. The smallest absolute Gasteiger partial charge is 0.284 e. The van der Waals surface area contributed by atoms with E-state index in [1.165, 1.54) is 7.11 Å². The van der Waals surface area contributed by atoms with Crippen molar-refractivity contribution in [3.05, 3.63) is 52.1 Å². The van der Waals surface area contributed by atoms with Crippen LogP contribution in [0.1, 0.15) is 5.56 Å². The molecule has 2 aromatic rings. The Morgan fingerprint density at radius 1 is 1.41 bits per heavy atom. The molecule has 2 aromatic carbocycles. The van der Waals surface area contributed by atoms with E-state index >= 15 is 0 Å².